The fourth-order valence-electron chi connectivity index (χ4n) is 1.81. The molecule has 0 aliphatic heterocycles. The van der Waals surface area contributed by atoms with E-state index in [4.69, 9.17) is 14.2 Å². The van der Waals surface area contributed by atoms with Crippen LogP contribution in [0.4, 0.5) is 0 Å². The van der Waals surface area contributed by atoms with E-state index in [2.05, 4.69) is 0 Å². The first kappa shape index (κ1) is 18.2. The van der Waals surface area contributed by atoms with E-state index in [0.717, 1.165) is 11.3 Å². The Morgan fingerprint density at radius 3 is 2.32 bits per heavy atom. The molecule has 5 heteroatoms. The van der Waals surface area contributed by atoms with Crippen LogP contribution in [0.3, 0.4) is 0 Å². The number of ether oxygens (including phenoxy) is 3. The van der Waals surface area contributed by atoms with Crippen molar-refractivity contribution in [3.8, 4) is 5.75 Å². The maximum Gasteiger partial charge on any atom is 0.313 e. The lowest BCUT2D eigenvalue weighted by molar-refractivity contribution is -0.148. The number of methoxy groups -OCH3 is 1. The normalized spacial score (nSPS) is 11.1. The minimum atomic E-state index is -0.723. The number of rotatable bonds is 9. The highest BCUT2D eigenvalue weighted by Crippen LogP contribution is 2.20. The molecule has 0 aromatic heterocycles. The van der Waals surface area contributed by atoms with Gasteiger partial charge in [-0.2, -0.15) is 0 Å². The second-order valence-corrected chi connectivity index (χ2v) is 5.63. The van der Waals surface area contributed by atoms with Crippen molar-refractivity contribution in [2.24, 2.45) is 5.41 Å². The lowest BCUT2D eigenvalue weighted by Crippen LogP contribution is -2.31. The fraction of sp³-hybridized carbons (Fsp3) is 0.529. The molecular weight excluding hydrogens is 284 g/mol. The molecule has 1 aromatic carbocycles. The summed E-state index contributed by atoms with van der Waals surface area (Å²) >= 11 is 0. The summed E-state index contributed by atoms with van der Waals surface area (Å²) in [7, 11) is 1.61. The Labute approximate surface area is 131 Å². The molecule has 1 aromatic rings. The van der Waals surface area contributed by atoms with Crippen LogP contribution in [0.2, 0.25) is 0 Å². The van der Waals surface area contributed by atoms with Crippen LogP contribution < -0.4 is 4.74 Å². The third kappa shape index (κ3) is 5.85. The first-order valence-electron chi connectivity index (χ1n) is 7.28. The van der Waals surface area contributed by atoms with E-state index >= 15 is 0 Å². The average molecular weight is 308 g/mol. The van der Waals surface area contributed by atoms with Crippen LogP contribution in [0.1, 0.15) is 32.8 Å². The number of carbonyl (C=O) groups is 2. The molecule has 122 valence electrons. The van der Waals surface area contributed by atoms with E-state index in [9.17, 15) is 9.59 Å². The predicted octanol–water partition coefficient (Wildman–Crippen LogP) is 2.76. The van der Waals surface area contributed by atoms with E-state index in [0.29, 0.717) is 6.61 Å². The topological polar surface area (TPSA) is 61.8 Å². The summed E-state index contributed by atoms with van der Waals surface area (Å²) in [5.41, 5.74) is 0.272. The maximum absolute atomic E-state index is 12.1. The van der Waals surface area contributed by atoms with E-state index in [1.54, 1.807) is 27.9 Å². The zero-order valence-electron chi connectivity index (χ0n) is 13.7. The van der Waals surface area contributed by atoms with E-state index in [-0.39, 0.29) is 25.4 Å². The molecule has 0 fully saturated rings. The van der Waals surface area contributed by atoms with Gasteiger partial charge in [-0.3, -0.25) is 9.59 Å². The van der Waals surface area contributed by atoms with Crippen molar-refractivity contribution < 1.29 is 23.8 Å². The van der Waals surface area contributed by atoms with Crippen molar-refractivity contribution in [3.63, 3.8) is 0 Å². The third-order valence-electron chi connectivity index (χ3n) is 3.26. The molecule has 0 aliphatic carbocycles. The van der Waals surface area contributed by atoms with Gasteiger partial charge in [0, 0.05) is 5.41 Å². The molecule has 0 radical (unpaired) electrons. The summed E-state index contributed by atoms with van der Waals surface area (Å²) in [6.45, 7) is 6.18. The van der Waals surface area contributed by atoms with E-state index in [1.165, 1.54) is 0 Å². The van der Waals surface area contributed by atoms with Crippen molar-refractivity contribution in [2.45, 2.75) is 33.8 Å². The second kappa shape index (κ2) is 8.54. The van der Waals surface area contributed by atoms with Crippen LogP contribution in [-0.4, -0.2) is 32.1 Å². The summed E-state index contributed by atoms with van der Waals surface area (Å²) in [6.07, 6.45) is -0.216. The van der Waals surface area contributed by atoms with Crippen LogP contribution >= 0.6 is 0 Å². The third-order valence-corrected chi connectivity index (χ3v) is 3.26. The lowest BCUT2D eigenvalue weighted by atomic mass is 9.87. The van der Waals surface area contributed by atoms with Gasteiger partial charge in [0.05, 0.1) is 26.9 Å². The largest absolute Gasteiger partial charge is 0.497 e. The van der Waals surface area contributed by atoms with Gasteiger partial charge in [-0.15, -0.1) is 0 Å². The van der Waals surface area contributed by atoms with Gasteiger partial charge in [0.2, 0.25) is 0 Å². The molecule has 1 rings (SSSR count). The van der Waals surface area contributed by atoms with Crippen molar-refractivity contribution in [1.29, 1.82) is 0 Å². The van der Waals surface area contributed by atoms with Crippen LogP contribution in [0.15, 0.2) is 24.3 Å². The molecule has 5 nitrogen and oxygen atoms in total. The highest BCUT2D eigenvalue weighted by molar-refractivity contribution is 5.98. The molecule has 0 bridgehead atoms. The number of esters is 1. The van der Waals surface area contributed by atoms with Crippen molar-refractivity contribution in [1.82, 2.24) is 0 Å². The summed E-state index contributed by atoms with van der Waals surface area (Å²) < 4.78 is 15.5. The Morgan fingerprint density at radius 2 is 1.77 bits per heavy atom. The minimum Gasteiger partial charge on any atom is -0.497 e. The Bertz CT molecular complexity index is 490. The van der Waals surface area contributed by atoms with Gasteiger partial charge in [0.25, 0.3) is 0 Å². The molecule has 0 N–H and O–H groups in total. The highest BCUT2D eigenvalue weighted by Gasteiger charge is 2.29. The van der Waals surface area contributed by atoms with Gasteiger partial charge in [-0.05, 0) is 24.6 Å². The average Bonchev–Trinajstić information content (AvgIpc) is 2.48. The SMILES string of the molecule is CCOC(=O)CC(=O)C(C)(C)COCc1ccc(OC)cc1. The number of hydrogen-bond donors (Lipinski definition) is 0. The molecule has 0 heterocycles. The Hall–Kier alpha value is -1.88. The molecule has 0 spiro atoms. The minimum absolute atomic E-state index is 0.180. The van der Waals surface area contributed by atoms with Gasteiger partial charge < -0.3 is 14.2 Å². The van der Waals surface area contributed by atoms with Crippen LogP contribution in [0, 0.1) is 5.41 Å². The monoisotopic (exact) mass is 308 g/mol. The fourth-order valence-corrected chi connectivity index (χ4v) is 1.81. The maximum atomic E-state index is 12.1. The van der Waals surface area contributed by atoms with Crippen LogP contribution in [0.25, 0.3) is 0 Å². The van der Waals surface area contributed by atoms with Crippen LogP contribution in [0.5, 0.6) is 5.75 Å². The highest BCUT2D eigenvalue weighted by atomic mass is 16.5. The quantitative estimate of drug-likeness (QED) is 0.518. The molecule has 22 heavy (non-hydrogen) atoms. The molecular formula is C17H24O5. The summed E-state index contributed by atoms with van der Waals surface area (Å²) in [5, 5.41) is 0. The van der Waals surface area contributed by atoms with Crippen LogP contribution in [-0.2, 0) is 25.7 Å². The lowest BCUT2D eigenvalue weighted by Gasteiger charge is -2.22. The summed E-state index contributed by atoms with van der Waals surface area (Å²) in [6, 6.07) is 7.53. The smallest absolute Gasteiger partial charge is 0.313 e. The number of Topliss-reactive ketones (excluding diaryl/α,β-unsaturated/α-hetero) is 1. The number of carbonyl (C=O) groups excluding carboxylic acids is 2. The molecule has 0 saturated heterocycles. The van der Waals surface area contributed by atoms with Crippen molar-refractivity contribution in [3.05, 3.63) is 29.8 Å². The van der Waals surface area contributed by atoms with Gasteiger partial charge in [-0.1, -0.05) is 26.0 Å². The predicted molar refractivity (Wildman–Crippen MR) is 82.7 cm³/mol. The standard InChI is InChI=1S/C17H24O5/c1-5-22-16(19)10-15(18)17(2,3)12-21-11-13-6-8-14(20-4)9-7-13/h6-9H,5,10-12H2,1-4H3. The van der Waals surface area contributed by atoms with Gasteiger partial charge in [-0.25, -0.2) is 0 Å². The number of ketones is 1. The van der Waals surface area contributed by atoms with Gasteiger partial charge >= 0.3 is 5.97 Å². The molecule has 0 atom stereocenters. The zero-order chi connectivity index (χ0) is 16.6. The molecule has 0 saturated carbocycles. The Kier molecular flexibility index (Phi) is 7.05. The Balaban J connectivity index is 2.43. The van der Waals surface area contributed by atoms with Crippen molar-refractivity contribution >= 4 is 11.8 Å². The number of hydrogen-bond acceptors (Lipinski definition) is 5. The summed E-state index contributed by atoms with van der Waals surface area (Å²) in [5.74, 6) is 0.116. The van der Waals surface area contributed by atoms with E-state index in [1.807, 2.05) is 24.3 Å². The molecule has 0 amide bonds. The molecule has 0 unspecified atom stereocenters. The zero-order valence-corrected chi connectivity index (χ0v) is 13.7. The van der Waals surface area contributed by atoms with Gasteiger partial charge in [0.15, 0.2) is 5.78 Å². The van der Waals surface area contributed by atoms with Gasteiger partial charge in [0.1, 0.15) is 12.2 Å². The van der Waals surface area contributed by atoms with Crippen molar-refractivity contribution in [2.75, 3.05) is 20.3 Å². The van der Waals surface area contributed by atoms with E-state index < -0.39 is 11.4 Å². The first-order chi connectivity index (χ1) is 10.4. The second-order valence-electron chi connectivity index (χ2n) is 5.63. The first-order valence-corrected chi connectivity index (χ1v) is 7.28. The summed E-state index contributed by atoms with van der Waals surface area (Å²) in [4.78, 5) is 23.4. The number of benzene rings is 1. The molecule has 0 aliphatic rings. The Morgan fingerprint density at radius 1 is 1.14 bits per heavy atom.